The molecule has 0 bridgehead atoms. The molecule has 0 saturated carbocycles. The summed E-state index contributed by atoms with van der Waals surface area (Å²) < 4.78 is 32.0. The number of carbonyl (C=O) groups is 2. The second-order valence-electron chi connectivity index (χ2n) is 9.14. The third-order valence-electron chi connectivity index (χ3n) is 6.27. The molecule has 0 saturated heterocycles. The summed E-state index contributed by atoms with van der Waals surface area (Å²) in [5.41, 5.74) is 2.71. The topological polar surface area (TPSA) is 105 Å². The number of sulfonamides is 1. The average Bonchev–Trinajstić information content (AvgIpc) is 2.95. The van der Waals surface area contributed by atoms with E-state index in [0.29, 0.717) is 32.5 Å². The Labute approximate surface area is 231 Å². The molecule has 0 aliphatic carbocycles. The molecule has 1 atom stereocenters. The summed E-state index contributed by atoms with van der Waals surface area (Å²) in [4.78, 5) is 28.9. The van der Waals surface area contributed by atoms with Gasteiger partial charge in [-0.15, -0.1) is 0 Å². The Bertz CT molecular complexity index is 1280. The molecule has 0 heterocycles. The van der Waals surface area contributed by atoms with Crippen LogP contribution in [0.5, 0.6) is 0 Å². The predicted octanol–water partition coefficient (Wildman–Crippen LogP) is 3.32. The molecule has 8 nitrogen and oxygen atoms in total. The third kappa shape index (κ3) is 9.31. The second kappa shape index (κ2) is 15.2. The highest BCUT2D eigenvalue weighted by molar-refractivity contribution is 7.89. The molecule has 2 amide bonds. The van der Waals surface area contributed by atoms with Crippen LogP contribution in [0, 0.1) is 0 Å². The van der Waals surface area contributed by atoms with Crippen LogP contribution in [0.3, 0.4) is 0 Å². The molecule has 3 rings (SSSR count). The minimum absolute atomic E-state index is 0.161. The first-order valence-corrected chi connectivity index (χ1v) is 14.5. The summed E-state index contributed by atoms with van der Waals surface area (Å²) in [6.45, 7) is 3.03. The number of ether oxygens (including phenoxy) is 1. The molecule has 0 fully saturated rings. The van der Waals surface area contributed by atoms with Crippen molar-refractivity contribution < 1.29 is 22.7 Å². The lowest BCUT2D eigenvalue weighted by Gasteiger charge is -2.31. The van der Waals surface area contributed by atoms with Crippen LogP contribution in [0.15, 0.2) is 89.8 Å². The molecule has 2 N–H and O–H groups in total. The maximum absolute atomic E-state index is 13.7. The fourth-order valence-corrected chi connectivity index (χ4v) is 5.27. The number of rotatable bonds is 15. The van der Waals surface area contributed by atoms with Crippen LogP contribution in [0.1, 0.15) is 30.0 Å². The van der Waals surface area contributed by atoms with Gasteiger partial charge < -0.3 is 15.0 Å². The third-order valence-corrected chi connectivity index (χ3v) is 7.83. The molecule has 3 aromatic carbocycles. The summed E-state index contributed by atoms with van der Waals surface area (Å²) in [7, 11) is -1.97. The number of aryl methyl sites for hydroxylation is 1. The van der Waals surface area contributed by atoms with Gasteiger partial charge in [0.05, 0.1) is 11.5 Å². The minimum Gasteiger partial charge on any atom is -0.383 e. The van der Waals surface area contributed by atoms with Crippen LogP contribution in [-0.2, 0) is 43.7 Å². The lowest BCUT2D eigenvalue weighted by atomic mass is 10.0. The first kappa shape index (κ1) is 30.0. The predicted molar refractivity (Wildman–Crippen MR) is 151 cm³/mol. The van der Waals surface area contributed by atoms with Gasteiger partial charge in [-0.3, -0.25) is 9.59 Å². The first-order valence-electron chi connectivity index (χ1n) is 13.1. The Morgan fingerprint density at radius 2 is 1.49 bits per heavy atom. The molecule has 0 aliphatic rings. The smallest absolute Gasteiger partial charge is 0.243 e. The molecule has 0 aromatic heterocycles. The molecule has 0 unspecified atom stereocenters. The van der Waals surface area contributed by atoms with Gasteiger partial charge in [-0.2, -0.15) is 0 Å². The highest BCUT2D eigenvalue weighted by atomic mass is 32.2. The van der Waals surface area contributed by atoms with Crippen molar-refractivity contribution in [1.82, 2.24) is 14.9 Å². The number of methoxy groups -OCH3 is 1. The van der Waals surface area contributed by atoms with Crippen LogP contribution in [-0.4, -0.2) is 58.0 Å². The Morgan fingerprint density at radius 1 is 0.872 bits per heavy atom. The maximum atomic E-state index is 13.7. The molecule has 39 heavy (non-hydrogen) atoms. The van der Waals surface area contributed by atoms with Crippen molar-refractivity contribution in [3.8, 4) is 0 Å². The van der Waals surface area contributed by atoms with E-state index in [4.69, 9.17) is 4.74 Å². The van der Waals surface area contributed by atoms with E-state index in [-0.39, 0.29) is 29.7 Å². The molecule has 0 radical (unpaired) electrons. The highest BCUT2D eigenvalue weighted by Crippen LogP contribution is 2.18. The summed E-state index contributed by atoms with van der Waals surface area (Å²) in [5, 5.41) is 2.91. The Balaban J connectivity index is 1.83. The highest BCUT2D eigenvalue weighted by Gasteiger charge is 2.30. The van der Waals surface area contributed by atoms with Gasteiger partial charge in [0.2, 0.25) is 21.8 Å². The lowest BCUT2D eigenvalue weighted by Crippen LogP contribution is -2.51. The van der Waals surface area contributed by atoms with E-state index in [1.54, 1.807) is 43.2 Å². The van der Waals surface area contributed by atoms with Gasteiger partial charge in [0, 0.05) is 39.6 Å². The van der Waals surface area contributed by atoms with E-state index in [9.17, 15) is 18.0 Å². The lowest BCUT2D eigenvalue weighted by molar-refractivity contribution is -0.141. The van der Waals surface area contributed by atoms with Crippen LogP contribution >= 0.6 is 0 Å². The molecular weight excluding hydrogens is 514 g/mol. The molecule has 0 aliphatic heterocycles. The quantitative estimate of drug-likeness (QED) is 0.282. The fourth-order valence-electron chi connectivity index (χ4n) is 4.23. The largest absolute Gasteiger partial charge is 0.383 e. The number of hydrogen-bond donors (Lipinski definition) is 2. The number of nitrogens with zero attached hydrogens (tertiary/aromatic N) is 1. The van der Waals surface area contributed by atoms with E-state index in [0.717, 1.165) is 16.7 Å². The number of benzene rings is 3. The first-order chi connectivity index (χ1) is 18.8. The van der Waals surface area contributed by atoms with E-state index >= 15 is 0 Å². The number of amides is 2. The maximum Gasteiger partial charge on any atom is 0.243 e. The standard InChI is InChI=1S/C30H37N3O5S/c1-3-32-39(36,37)27-17-14-24(15-18-27)16-19-29(34)33(23-26-12-8-5-9-13-26)28(30(35)31-20-21-38-2)22-25-10-6-4-7-11-25/h4-15,17-18,28,32H,3,16,19-23H2,1-2H3,(H,31,35)/t28-/m1/s1. The zero-order valence-corrected chi connectivity index (χ0v) is 23.3. The molecule has 3 aromatic rings. The van der Waals surface area contributed by atoms with Gasteiger partial charge in [-0.25, -0.2) is 13.1 Å². The number of carbonyl (C=O) groups excluding carboxylic acids is 2. The zero-order valence-electron chi connectivity index (χ0n) is 22.5. The van der Waals surface area contributed by atoms with E-state index < -0.39 is 16.1 Å². The van der Waals surface area contributed by atoms with Gasteiger partial charge >= 0.3 is 0 Å². The summed E-state index contributed by atoms with van der Waals surface area (Å²) in [6, 6.07) is 25.1. The van der Waals surface area contributed by atoms with Gasteiger partial charge in [0.1, 0.15) is 6.04 Å². The van der Waals surface area contributed by atoms with Crippen LogP contribution in [0.25, 0.3) is 0 Å². The monoisotopic (exact) mass is 551 g/mol. The average molecular weight is 552 g/mol. The number of hydrogen-bond acceptors (Lipinski definition) is 5. The summed E-state index contributed by atoms with van der Waals surface area (Å²) in [6.07, 6.45) is 0.951. The van der Waals surface area contributed by atoms with Crippen molar-refractivity contribution in [3.05, 3.63) is 102 Å². The van der Waals surface area contributed by atoms with E-state index in [1.165, 1.54) is 0 Å². The Morgan fingerprint density at radius 3 is 2.08 bits per heavy atom. The zero-order chi connectivity index (χ0) is 28.1. The molecule has 9 heteroatoms. The minimum atomic E-state index is -3.55. The van der Waals surface area contributed by atoms with Crippen LogP contribution in [0.4, 0.5) is 0 Å². The van der Waals surface area contributed by atoms with E-state index in [2.05, 4.69) is 10.0 Å². The Kier molecular flexibility index (Phi) is 11.7. The summed E-state index contributed by atoms with van der Waals surface area (Å²) in [5.74, 6) is -0.399. The molecule has 0 spiro atoms. The molecule has 208 valence electrons. The second-order valence-corrected chi connectivity index (χ2v) is 10.9. The van der Waals surface area contributed by atoms with Crippen LogP contribution < -0.4 is 10.0 Å². The van der Waals surface area contributed by atoms with Crippen molar-refractivity contribution in [2.45, 2.75) is 43.7 Å². The normalized spacial score (nSPS) is 12.1. The van der Waals surface area contributed by atoms with Gasteiger partial charge in [0.15, 0.2) is 0 Å². The van der Waals surface area contributed by atoms with Crippen molar-refractivity contribution in [2.24, 2.45) is 0 Å². The van der Waals surface area contributed by atoms with Gasteiger partial charge in [-0.05, 0) is 35.2 Å². The van der Waals surface area contributed by atoms with Crippen molar-refractivity contribution >= 4 is 21.8 Å². The van der Waals surface area contributed by atoms with Gasteiger partial charge in [-0.1, -0.05) is 79.7 Å². The Hall–Kier alpha value is -3.53. The fraction of sp³-hybridized carbons (Fsp3) is 0.333. The van der Waals surface area contributed by atoms with Gasteiger partial charge in [0.25, 0.3) is 0 Å². The summed E-state index contributed by atoms with van der Waals surface area (Å²) >= 11 is 0. The molecular formula is C30H37N3O5S. The van der Waals surface area contributed by atoms with Crippen LogP contribution in [0.2, 0.25) is 0 Å². The van der Waals surface area contributed by atoms with Crippen molar-refractivity contribution in [3.63, 3.8) is 0 Å². The SMILES string of the molecule is CCNS(=O)(=O)c1ccc(CCC(=O)N(Cc2ccccc2)[C@H](Cc2ccccc2)C(=O)NCCOC)cc1. The number of nitrogens with one attached hydrogen (secondary N) is 2. The van der Waals surface area contributed by atoms with Crippen molar-refractivity contribution in [2.75, 3.05) is 26.8 Å². The van der Waals surface area contributed by atoms with E-state index in [1.807, 2.05) is 60.7 Å². The van der Waals surface area contributed by atoms with Crippen molar-refractivity contribution in [1.29, 1.82) is 0 Å².